The number of likely N-dealkylation sites (N-methyl/N-ethyl adjacent to an activating group) is 2. The van der Waals surface area contributed by atoms with Crippen LogP contribution in [-0.4, -0.2) is 48.8 Å². The van der Waals surface area contributed by atoms with Gasteiger partial charge in [0.05, 0.1) is 18.2 Å². The molecule has 5 rings (SSSR count). The van der Waals surface area contributed by atoms with Crippen LogP contribution in [0, 0.1) is 0 Å². The van der Waals surface area contributed by atoms with E-state index in [2.05, 4.69) is 89.9 Å². The summed E-state index contributed by atoms with van der Waals surface area (Å²) in [5.41, 5.74) is 2.73. The molecule has 2 aliphatic rings. The van der Waals surface area contributed by atoms with Gasteiger partial charge in [-0.25, -0.2) is 0 Å². The highest BCUT2D eigenvalue weighted by Gasteiger charge is 2.49. The van der Waals surface area contributed by atoms with Crippen LogP contribution in [-0.2, 0) is 0 Å². The molecule has 3 aromatic rings. The van der Waals surface area contributed by atoms with E-state index in [0.717, 1.165) is 18.7 Å². The predicted molar refractivity (Wildman–Crippen MR) is 125 cm³/mol. The summed E-state index contributed by atoms with van der Waals surface area (Å²) >= 11 is 0. The Bertz CT molecular complexity index is 914. The number of ether oxygens (including phenoxy) is 1. The molecule has 0 spiro atoms. The zero-order chi connectivity index (χ0) is 21.2. The highest BCUT2D eigenvalue weighted by Crippen LogP contribution is 2.46. The Hall–Kier alpha value is -2.66. The van der Waals surface area contributed by atoms with Crippen molar-refractivity contribution < 1.29 is 4.74 Å². The van der Waals surface area contributed by atoms with Gasteiger partial charge in [0.25, 0.3) is 0 Å². The first-order valence-corrected chi connectivity index (χ1v) is 11.2. The molecule has 160 valence electrons. The minimum Gasteiger partial charge on any atom is -0.489 e. The van der Waals surface area contributed by atoms with Crippen LogP contribution in [0.2, 0.25) is 0 Å². The molecule has 3 aromatic carbocycles. The standard InChI is InChI=1S/C27H31N3O/c1-29-25(20-12-6-3-7-13-20)26(21-14-8-4-9-15-21)30(2)27(29)24-18-23(19-28-24)31-22-16-10-5-11-17-22/h3-17,23-28H,18-19H2,1-2H3/t23-,24-,25-,26-/m0/s1. The maximum absolute atomic E-state index is 6.26. The molecule has 1 N–H and O–H groups in total. The molecular weight excluding hydrogens is 382 g/mol. The first-order valence-electron chi connectivity index (χ1n) is 11.2. The molecule has 4 atom stereocenters. The number of nitrogens with zero attached hydrogens (tertiary/aromatic N) is 2. The number of benzene rings is 3. The van der Waals surface area contributed by atoms with Crippen molar-refractivity contribution in [3.8, 4) is 5.75 Å². The maximum Gasteiger partial charge on any atom is 0.119 e. The number of nitrogens with one attached hydrogen (secondary N) is 1. The van der Waals surface area contributed by atoms with Crippen LogP contribution in [0.5, 0.6) is 5.75 Å². The summed E-state index contributed by atoms with van der Waals surface area (Å²) in [6.45, 7) is 0.879. The van der Waals surface area contributed by atoms with E-state index in [1.165, 1.54) is 11.1 Å². The molecule has 2 heterocycles. The lowest BCUT2D eigenvalue weighted by Crippen LogP contribution is -2.49. The highest BCUT2D eigenvalue weighted by molar-refractivity contribution is 5.30. The average molecular weight is 414 g/mol. The van der Waals surface area contributed by atoms with Crippen molar-refractivity contribution in [2.24, 2.45) is 0 Å². The fourth-order valence-electron chi connectivity index (χ4n) is 5.51. The fraction of sp³-hybridized carbons (Fsp3) is 0.333. The zero-order valence-electron chi connectivity index (χ0n) is 18.3. The Morgan fingerprint density at radius 1 is 0.710 bits per heavy atom. The molecule has 0 radical (unpaired) electrons. The molecule has 2 aliphatic heterocycles. The van der Waals surface area contributed by atoms with Crippen molar-refractivity contribution >= 4 is 0 Å². The lowest BCUT2D eigenvalue weighted by molar-refractivity contribution is 0.117. The van der Waals surface area contributed by atoms with Gasteiger partial charge in [0.15, 0.2) is 0 Å². The van der Waals surface area contributed by atoms with Gasteiger partial charge in [-0.3, -0.25) is 9.80 Å². The first-order chi connectivity index (χ1) is 15.2. The molecule has 2 fully saturated rings. The van der Waals surface area contributed by atoms with Gasteiger partial charge in [0.1, 0.15) is 11.9 Å². The Balaban J connectivity index is 1.40. The minimum atomic E-state index is 0.195. The predicted octanol–water partition coefficient (Wildman–Crippen LogP) is 4.48. The number of hydrogen-bond acceptors (Lipinski definition) is 4. The zero-order valence-corrected chi connectivity index (χ0v) is 18.3. The maximum atomic E-state index is 6.26. The lowest BCUT2D eigenvalue weighted by atomic mass is 9.93. The van der Waals surface area contributed by atoms with Crippen molar-refractivity contribution in [2.75, 3.05) is 20.6 Å². The number of para-hydroxylation sites is 1. The molecule has 0 amide bonds. The monoisotopic (exact) mass is 413 g/mol. The molecule has 2 saturated heterocycles. The number of hydrogen-bond donors (Lipinski definition) is 1. The van der Waals surface area contributed by atoms with Crippen LogP contribution in [0.1, 0.15) is 29.6 Å². The summed E-state index contributed by atoms with van der Waals surface area (Å²) in [7, 11) is 4.55. The van der Waals surface area contributed by atoms with Crippen molar-refractivity contribution in [2.45, 2.75) is 36.8 Å². The van der Waals surface area contributed by atoms with Gasteiger partial charge in [-0.2, -0.15) is 0 Å². The summed E-state index contributed by atoms with van der Waals surface area (Å²) in [4.78, 5) is 5.10. The summed E-state index contributed by atoms with van der Waals surface area (Å²) in [6.07, 6.45) is 1.48. The molecule has 0 unspecified atom stereocenters. The van der Waals surface area contributed by atoms with E-state index in [0.29, 0.717) is 24.3 Å². The molecule has 0 bridgehead atoms. The summed E-state index contributed by atoms with van der Waals surface area (Å²) < 4.78 is 6.26. The van der Waals surface area contributed by atoms with E-state index < -0.39 is 0 Å². The molecule has 31 heavy (non-hydrogen) atoms. The van der Waals surface area contributed by atoms with E-state index in [4.69, 9.17) is 4.74 Å². The summed E-state index contributed by atoms with van der Waals surface area (Å²) in [6, 6.07) is 33.0. The van der Waals surface area contributed by atoms with Gasteiger partial charge in [-0.05, 0) is 37.4 Å². The Morgan fingerprint density at radius 3 is 1.71 bits per heavy atom. The smallest absolute Gasteiger partial charge is 0.119 e. The second-order valence-electron chi connectivity index (χ2n) is 8.76. The van der Waals surface area contributed by atoms with Gasteiger partial charge in [0, 0.05) is 19.0 Å². The van der Waals surface area contributed by atoms with E-state index in [9.17, 15) is 0 Å². The van der Waals surface area contributed by atoms with Crippen LogP contribution in [0.15, 0.2) is 91.0 Å². The topological polar surface area (TPSA) is 27.7 Å². The van der Waals surface area contributed by atoms with Crippen molar-refractivity contribution in [1.29, 1.82) is 0 Å². The minimum absolute atomic E-state index is 0.195. The average Bonchev–Trinajstić information content (AvgIpc) is 3.36. The molecule has 0 aromatic heterocycles. The third kappa shape index (κ3) is 3.99. The second-order valence-corrected chi connectivity index (χ2v) is 8.76. The summed E-state index contributed by atoms with van der Waals surface area (Å²) in [5.74, 6) is 0.951. The van der Waals surface area contributed by atoms with Crippen LogP contribution < -0.4 is 10.1 Å². The van der Waals surface area contributed by atoms with Gasteiger partial charge < -0.3 is 10.1 Å². The van der Waals surface area contributed by atoms with Crippen LogP contribution in [0.3, 0.4) is 0 Å². The molecule has 4 heteroatoms. The third-order valence-corrected chi connectivity index (χ3v) is 6.82. The largest absolute Gasteiger partial charge is 0.489 e. The van der Waals surface area contributed by atoms with Gasteiger partial charge in [-0.15, -0.1) is 0 Å². The van der Waals surface area contributed by atoms with E-state index >= 15 is 0 Å². The Kier molecular flexibility index (Phi) is 5.77. The van der Waals surface area contributed by atoms with Gasteiger partial charge in [-0.1, -0.05) is 78.9 Å². The fourth-order valence-corrected chi connectivity index (χ4v) is 5.51. The lowest BCUT2D eigenvalue weighted by Gasteiger charge is -2.32. The molecule has 4 nitrogen and oxygen atoms in total. The third-order valence-electron chi connectivity index (χ3n) is 6.82. The Labute approximate surface area is 185 Å². The molecular formula is C27H31N3O. The van der Waals surface area contributed by atoms with Gasteiger partial charge >= 0.3 is 0 Å². The normalized spacial score (nSPS) is 27.5. The Morgan fingerprint density at radius 2 is 1.19 bits per heavy atom. The SMILES string of the molecule is CN1C([C@@H]2C[C@H](Oc3ccccc3)CN2)N(C)[C@@H](c2ccccc2)[C@@H]1c1ccccc1. The van der Waals surface area contributed by atoms with Crippen molar-refractivity contribution in [3.63, 3.8) is 0 Å². The quantitative estimate of drug-likeness (QED) is 0.667. The number of rotatable bonds is 5. The van der Waals surface area contributed by atoms with E-state index in [1.807, 2.05) is 30.3 Å². The highest BCUT2D eigenvalue weighted by atomic mass is 16.5. The van der Waals surface area contributed by atoms with Crippen molar-refractivity contribution in [3.05, 3.63) is 102 Å². The van der Waals surface area contributed by atoms with Crippen LogP contribution in [0.4, 0.5) is 0 Å². The van der Waals surface area contributed by atoms with Crippen molar-refractivity contribution in [1.82, 2.24) is 15.1 Å². The first kappa shape index (κ1) is 20.3. The molecule has 0 aliphatic carbocycles. The summed E-state index contributed by atoms with van der Waals surface area (Å²) in [5, 5.41) is 3.77. The van der Waals surface area contributed by atoms with Gasteiger partial charge in [0.2, 0.25) is 0 Å². The van der Waals surface area contributed by atoms with Crippen LogP contribution in [0.25, 0.3) is 0 Å². The van der Waals surface area contributed by atoms with E-state index in [1.54, 1.807) is 0 Å². The van der Waals surface area contributed by atoms with Crippen LogP contribution >= 0.6 is 0 Å². The van der Waals surface area contributed by atoms with E-state index in [-0.39, 0.29) is 6.10 Å². The molecule has 0 saturated carbocycles. The second kappa shape index (κ2) is 8.83.